The monoisotopic (exact) mass is 382 g/mol. The van der Waals surface area contributed by atoms with E-state index in [-0.39, 0.29) is 0 Å². The Morgan fingerprint density at radius 2 is 0.880 bits per heavy atom. The van der Waals surface area contributed by atoms with Crippen LogP contribution in [0.5, 0.6) is 0 Å². The van der Waals surface area contributed by atoms with Gasteiger partial charge in [0, 0.05) is 39.1 Å². The van der Waals surface area contributed by atoms with Crippen molar-refractivity contribution < 1.29 is 32.2 Å². The molecule has 0 amide bonds. The molecule has 152 valence electrons. The van der Waals surface area contributed by atoms with Crippen molar-refractivity contribution in [1.29, 1.82) is 0 Å². The summed E-state index contributed by atoms with van der Waals surface area (Å²) in [5.41, 5.74) is 0. The van der Waals surface area contributed by atoms with E-state index >= 15 is 0 Å². The minimum absolute atomic E-state index is 0.569. The van der Waals surface area contributed by atoms with E-state index in [2.05, 4.69) is 0 Å². The highest BCUT2D eigenvalue weighted by Gasteiger charge is 2.39. The molecule has 0 aliphatic rings. The number of hydrogen-bond acceptors (Lipinski definition) is 7. The first-order valence-corrected chi connectivity index (χ1v) is 11.4. The fourth-order valence-electron chi connectivity index (χ4n) is 2.20. The predicted octanol–water partition coefficient (Wildman–Crippen LogP) is 2.51. The zero-order valence-electron chi connectivity index (χ0n) is 16.6. The molecule has 25 heavy (non-hydrogen) atoms. The maximum absolute atomic E-state index is 5.81. The molecule has 0 aromatic rings. The third-order valence-electron chi connectivity index (χ3n) is 3.18. The molecule has 0 aliphatic heterocycles. The Morgan fingerprint density at radius 1 is 0.480 bits per heavy atom. The smallest absolute Gasteiger partial charge is 0.379 e. The molecule has 0 saturated carbocycles. The zero-order valence-corrected chi connectivity index (χ0v) is 17.6. The van der Waals surface area contributed by atoms with Crippen LogP contribution in [0.15, 0.2) is 0 Å². The van der Waals surface area contributed by atoms with Crippen molar-refractivity contribution in [3.8, 4) is 0 Å². The number of ether oxygens (including phenoxy) is 4. The number of rotatable bonds is 20. The molecule has 0 radical (unpaired) electrons. The van der Waals surface area contributed by atoms with Gasteiger partial charge in [0.2, 0.25) is 0 Å². The van der Waals surface area contributed by atoms with E-state index in [1.54, 1.807) is 0 Å². The second kappa shape index (κ2) is 18.7. The van der Waals surface area contributed by atoms with Crippen molar-refractivity contribution in [3.05, 3.63) is 0 Å². The van der Waals surface area contributed by atoms with Gasteiger partial charge in [0.1, 0.15) is 0 Å². The molecule has 0 rings (SSSR count). The Balaban J connectivity index is 3.56. The first kappa shape index (κ1) is 24.9. The van der Waals surface area contributed by atoms with E-state index < -0.39 is 8.80 Å². The van der Waals surface area contributed by atoms with Crippen LogP contribution < -0.4 is 0 Å². The fourth-order valence-corrected chi connectivity index (χ4v) is 4.78. The van der Waals surface area contributed by atoms with Crippen LogP contribution in [0.4, 0.5) is 0 Å². The molecule has 0 N–H and O–H groups in total. The van der Waals surface area contributed by atoms with Crippen LogP contribution in [0.25, 0.3) is 0 Å². The Bertz CT molecular complexity index is 252. The van der Waals surface area contributed by atoms with Gasteiger partial charge in [0.15, 0.2) is 0 Å². The molecule has 7 nitrogen and oxygen atoms in total. The van der Waals surface area contributed by atoms with Gasteiger partial charge in [-0.1, -0.05) is 0 Å². The maximum atomic E-state index is 5.81. The van der Waals surface area contributed by atoms with Crippen LogP contribution in [0.1, 0.15) is 34.1 Å². The standard InChI is InChI=1S/C17H38O7Si/c1-5-18-11-12-20-15-16-21-14-13-19-10-9-17-25(22-6-2,23-7-3)24-8-4/h5-17H2,1-4H3. The lowest BCUT2D eigenvalue weighted by Gasteiger charge is -2.28. The van der Waals surface area contributed by atoms with Gasteiger partial charge >= 0.3 is 8.80 Å². The number of hydrogen-bond donors (Lipinski definition) is 0. The molecule has 0 saturated heterocycles. The average Bonchev–Trinajstić information content (AvgIpc) is 2.60. The van der Waals surface area contributed by atoms with Gasteiger partial charge in [0.25, 0.3) is 0 Å². The molecule has 0 atom stereocenters. The first-order chi connectivity index (χ1) is 12.2. The molecular formula is C17H38O7Si. The predicted molar refractivity (Wildman–Crippen MR) is 99.0 cm³/mol. The molecule has 0 fully saturated rings. The Hall–Kier alpha value is -0.0631. The quantitative estimate of drug-likeness (QED) is 0.237. The molecule has 0 heterocycles. The summed E-state index contributed by atoms with van der Waals surface area (Å²) in [7, 11) is -2.53. The lowest BCUT2D eigenvalue weighted by Crippen LogP contribution is -2.46. The summed E-state index contributed by atoms with van der Waals surface area (Å²) in [6.07, 6.45) is 0.854. The topological polar surface area (TPSA) is 64.6 Å². The van der Waals surface area contributed by atoms with Crippen LogP contribution in [-0.2, 0) is 32.2 Å². The largest absolute Gasteiger partial charge is 0.501 e. The van der Waals surface area contributed by atoms with E-state index in [4.69, 9.17) is 32.2 Å². The van der Waals surface area contributed by atoms with Gasteiger partial charge in [-0.2, -0.15) is 0 Å². The van der Waals surface area contributed by atoms with Gasteiger partial charge in [-0.25, -0.2) is 0 Å². The second-order valence-corrected chi connectivity index (χ2v) is 7.85. The molecule has 0 aromatic carbocycles. The highest BCUT2D eigenvalue weighted by molar-refractivity contribution is 6.60. The van der Waals surface area contributed by atoms with E-state index in [0.717, 1.165) is 19.1 Å². The molecular weight excluding hydrogens is 344 g/mol. The van der Waals surface area contributed by atoms with E-state index in [1.165, 1.54) is 0 Å². The molecule has 0 unspecified atom stereocenters. The highest BCUT2D eigenvalue weighted by Crippen LogP contribution is 2.18. The normalized spacial score (nSPS) is 12.0. The summed E-state index contributed by atoms with van der Waals surface area (Å²) in [5.74, 6) is 0. The molecule has 0 bridgehead atoms. The first-order valence-electron chi connectivity index (χ1n) is 9.47. The molecule has 0 spiro atoms. The minimum Gasteiger partial charge on any atom is -0.379 e. The van der Waals surface area contributed by atoms with Crippen LogP contribution >= 0.6 is 0 Å². The van der Waals surface area contributed by atoms with Gasteiger partial charge in [-0.15, -0.1) is 0 Å². The van der Waals surface area contributed by atoms with Gasteiger partial charge in [0.05, 0.1) is 39.6 Å². The van der Waals surface area contributed by atoms with Gasteiger partial charge in [-0.05, 0) is 34.1 Å². The highest BCUT2D eigenvalue weighted by atomic mass is 28.4. The van der Waals surface area contributed by atoms with Gasteiger partial charge < -0.3 is 32.2 Å². The van der Waals surface area contributed by atoms with E-state index in [9.17, 15) is 0 Å². The minimum atomic E-state index is -2.53. The Morgan fingerprint density at radius 3 is 1.28 bits per heavy atom. The van der Waals surface area contributed by atoms with Crippen molar-refractivity contribution in [2.24, 2.45) is 0 Å². The van der Waals surface area contributed by atoms with Crippen molar-refractivity contribution >= 4 is 8.80 Å². The summed E-state index contributed by atoms with van der Waals surface area (Å²) < 4.78 is 39.0. The second-order valence-electron chi connectivity index (χ2n) is 5.12. The van der Waals surface area contributed by atoms with Crippen molar-refractivity contribution in [2.75, 3.05) is 72.7 Å². The molecule has 0 aromatic heterocycles. The fraction of sp³-hybridized carbons (Fsp3) is 1.00. The van der Waals surface area contributed by atoms with Crippen LogP contribution in [0, 0.1) is 0 Å². The maximum Gasteiger partial charge on any atom is 0.501 e. The van der Waals surface area contributed by atoms with Crippen molar-refractivity contribution in [3.63, 3.8) is 0 Å². The summed E-state index contributed by atoms with van der Waals surface area (Å²) >= 11 is 0. The lowest BCUT2D eigenvalue weighted by atomic mass is 10.5. The van der Waals surface area contributed by atoms with Crippen molar-refractivity contribution in [1.82, 2.24) is 0 Å². The molecule has 8 heteroatoms. The summed E-state index contributed by atoms with van der Waals surface area (Å²) in [5, 5.41) is 0. The van der Waals surface area contributed by atoms with Crippen LogP contribution in [0.2, 0.25) is 6.04 Å². The van der Waals surface area contributed by atoms with Crippen LogP contribution in [-0.4, -0.2) is 81.5 Å². The Kier molecular flexibility index (Phi) is 18.7. The van der Waals surface area contributed by atoms with Crippen LogP contribution in [0.3, 0.4) is 0 Å². The molecule has 0 aliphatic carbocycles. The summed E-state index contributed by atoms with van der Waals surface area (Å²) in [6.45, 7) is 14.6. The zero-order chi connectivity index (χ0) is 18.6. The third-order valence-corrected chi connectivity index (χ3v) is 6.34. The summed E-state index contributed by atoms with van der Waals surface area (Å²) in [6, 6.07) is 0.775. The van der Waals surface area contributed by atoms with E-state index in [0.29, 0.717) is 66.1 Å². The van der Waals surface area contributed by atoms with Gasteiger partial charge in [-0.3, -0.25) is 0 Å². The SMILES string of the molecule is CCOCCOCCOCCOCCC[Si](OCC)(OCC)OCC. The van der Waals surface area contributed by atoms with Crippen molar-refractivity contribution in [2.45, 2.75) is 40.2 Å². The Labute approximate surface area is 154 Å². The van der Waals surface area contributed by atoms with E-state index in [1.807, 2.05) is 27.7 Å². The summed E-state index contributed by atoms with van der Waals surface area (Å²) in [4.78, 5) is 0. The average molecular weight is 383 g/mol. The third kappa shape index (κ3) is 14.8. The lowest BCUT2D eigenvalue weighted by molar-refractivity contribution is -0.00100.